The van der Waals surface area contributed by atoms with Crippen LogP contribution in [-0.4, -0.2) is 21.8 Å². The zero-order valence-electron chi connectivity index (χ0n) is 12.9. The van der Waals surface area contributed by atoms with E-state index in [-0.39, 0.29) is 11.9 Å². The van der Waals surface area contributed by atoms with Crippen molar-refractivity contribution in [2.24, 2.45) is 0 Å². The highest BCUT2D eigenvalue weighted by Gasteiger charge is 2.39. The summed E-state index contributed by atoms with van der Waals surface area (Å²) < 4.78 is 0.850. The molecule has 1 heterocycles. The van der Waals surface area contributed by atoms with Crippen LogP contribution >= 0.6 is 15.9 Å². The molecular formula is C19H19BrN2O. The molecule has 1 amide bonds. The first kappa shape index (κ1) is 14.9. The van der Waals surface area contributed by atoms with Crippen molar-refractivity contribution in [3.8, 4) is 0 Å². The van der Waals surface area contributed by atoms with Crippen molar-refractivity contribution in [1.29, 1.82) is 0 Å². The third-order valence-corrected chi connectivity index (χ3v) is 5.23. The zero-order valence-corrected chi connectivity index (χ0v) is 14.5. The van der Waals surface area contributed by atoms with Gasteiger partial charge < -0.3 is 4.90 Å². The number of carbonyl (C=O) groups is 1. The van der Waals surface area contributed by atoms with E-state index >= 15 is 0 Å². The Bertz CT molecular complexity index is 742. The summed E-state index contributed by atoms with van der Waals surface area (Å²) in [5.74, 6) is 0.114. The minimum Gasteiger partial charge on any atom is -0.329 e. The molecule has 0 radical (unpaired) electrons. The predicted molar refractivity (Wildman–Crippen MR) is 93.2 cm³/mol. The number of aryl methyl sites for hydroxylation is 1. The monoisotopic (exact) mass is 370 g/mol. The van der Waals surface area contributed by atoms with E-state index in [9.17, 15) is 4.79 Å². The molecule has 1 aromatic carbocycles. The molecular weight excluding hydrogens is 352 g/mol. The number of hydrogen-bond donors (Lipinski definition) is 0. The normalized spacial score (nSPS) is 20.0. The maximum atomic E-state index is 13.2. The van der Waals surface area contributed by atoms with Crippen LogP contribution in [0.5, 0.6) is 0 Å². The Morgan fingerprint density at radius 3 is 2.78 bits per heavy atom. The number of pyridine rings is 1. The van der Waals surface area contributed by atoms with Gasteiger partial charge in [-0.3, -0.25) is 9.78 Å². The number of halogens is 1. The summed E-state index contributed by atoms with van der Waals surface area (Å²) in [6.45, 7) is 0. The highest BCUT2D eigenvalue weighted by atomic mass is 79.9. The average Bonchev–Trinajstić information content (AvgIpc) is 3.40. The van der Waals surface area contributed by atoms with Gasteiger partial charge in [-0.25, -0.2) is 0 Å². The second kappa shape index (κ2) is 6.08. The zero-order chi connectivity index (χ0) is 15.8. The van der Waals surface area contributed by atoms with E-state index in [1.807, 2.05) is 6.07 Å². The van der Waals surface area contributed by atoms with Gasteiger partial charge in [0.25, 0.3) is 5.91 Å². The van der Waals surface area contributed by atoms with Gasteiger partial charge >= 0.3 is 0 Å². The van der Waals surface area contributed by atoms with Gasteiger partial charge in [-0.15, -0.1) is 0 Å². The van der Waals surface area contributed by atoms with Crippen LogP contribution in [0.3, 0.4) is 0 Å². The van der Waals surface area contributed by atoms with E-state index in [2.05, 4.69) is 50.1 Å². The lowest BCUT2D eigenvalue weighted by Gasteiger charge is -2.36. The number of amides is 1. The number of rotatable bonds is 3. The number of fused-ring (bicyclic) bond motifs is 1. The summed E-state index contributed by atoms with van der Waals surface area (Å²) >= 11 is 3.42. The molecule has 2 aliphatic carbocycles. The Morgan fingerprint density at radius 2 is 2.00 bits per heavy atom. The van der Waals surface area contributed by atoms with Crippen molar-refractivity contribution in [1.82, 2.24) is 9.88 Å². The minimum atomic E-state index is 0.114. The molecule has 3 nitrogen and oxygen atoms in total. The predicted octanol–water partition coefficient (Wildman–Crippen LogP) is 4.53. The first-order valence-corrected chi connectivity index (χ1v) is 9.04. The van der Waals surface area contributed by atoms with E-state index in [4.69, 9.17) is 0 Å². The molecule has 0 saturated heterocycles. The highest BCUT2D eigenvalue weighted by Crippen LogP contribution is 2.41. The molecule has 1 unspecified atom stereocenters. The lowest BCUT2D eigenvalue weighted by Crippen LogP contribution is -2.38. The van der Waals surface area contributed by atoms with Crippen molar-refractivity contribution >= 4 is 21.8 Å². The summed E-state index contributed by atoms with van der Waals surface area (Å²) in [5.41, 5.74) is 3.41. The van der Waals surface area contributed by atoms with Crippen LogP contribution in [0, 0.1) is 0 Å². The van der Waals surface area contributed by atoms with Crippen molar-refractivity contribution in [3.63, 3.8) is 0 Å². The van der Waals surface area contributed by atoms with Crippen molar-refractivity contribution < 1.29 is 4.79 Å². The van der Waals surface area contributed by atoms with Crippen LogP contribution in [0.1, 0.15) is 53.2 Å². The van der Waals surface area contributed by atoms with Crippen LogP contribution < -0.4 is 0 Å². The van der Waals surface area contributed by atoms with E-state index in [1.54, 1.807) is 12.4 Å². The lowest BCUT2D eigenvalue weighted by atomic mass is 9.86. The molecule has 2 aliphatic rings. The van der Waals surface area contributed by atoms with E-state index in [0.717, 1.165) is 36.6 Å². The third kappa shape index (κ3) is 2.92. The van der Waals surface area contributed by atoms with Crippen LogP contribution in [-0.2, 0) is 6.42 Å². The van der Waals surface area contributed by atoms with Crippen molar-refractivity contribution in [2.45, 2.75) is 44.2 Å². The van der Waals surface area contributed by atoms with Crippen LogP contribution in [0.2, 0.25) is 0 Å². The average molecular weight is 371 g/mol. The number of carbonyl (C=O) groups excluding carboxylic acids is 1. The fraction of sp³-hybridized carbons (Fsp3) is 0.368. The van der Waals surface area contributed by atoms with Gasteiger partial charge in [0.1, 0.15) is 0 Å². The third-order valence-electron chi connectivity index (χ3n) is 4.80. The molecule has 118 valence electrons. The van der Waals surface area contributed by atoms with Crippen molar-refractivity contribution in [2.75, 3.05) is 0 Å². The maximum Gasteiger partial charge on any atom is 0.256 e. The molecule has 0 N–H and O–H groups in total. The molecule has 4 heteroatoms. The number of aromatic nitrogens is 1. The van der Waals surface area contributed by atoms with Crippen LogP contribution in [0.15, 0.2) is 47.2 Å². The SMILES string of the molecule is O=C(c1cncc(Br)c1)N(C1CC1)C1CCCc2ccccc21. The number of hydrogen-bond acceptors (Lipinski definition) is 2. The van der Waals surface area contributed by atoms with Gasteiger partial charge in [0, 0.05) is 22.9 Å². The smallest absolute Gasteiger partial charge is 0.256 e. The van der Waals surface area contributed by atoms with Gasteiger partial charge in [-0.2, -0.15) is 0 Å². The van der Waals surface area contributed by atoms with Gasteiger partial charge in [0.2, 0.25) is 0 Å². The van der Waals surface area contributed by atoms with E-state index in [1.165, 1.54) is 11.1 Å². The van der Waals surface area contributed by atoms with Gasteiger partial charge in [-0.1, -0.05) is 24.3 Å². The Labute approximate surface area is 144 Å². The summed E-state index contributed by atoms with van der Waals surface area (Å²) in [4.78, 5) is 19.4. The van der Waals surface area contributed by atoms with E-state index in [0.29, 0.717) is 11.6 Å². The van der Waals surface area contributed by atoms with Crippen molar-refractivity contribution in [3.05, 3.63) is 63.9 Å². The Morgan fingerprint density at radius 1 is 1.17 bits per heavy atom. The lowest BCUT2D eigenvalue weighted by molar-refractivity contribution is 0.0637. The van der Waals surface area contributed by atoms with Gasteiger partial charge in [-0.05, 0) is 65.2 Å². The first-order chi connectivity index (χ1) is 11.2. The Balaban J connectivity index is 1.71. The first-order valence-electron chi connectivity index (χ1n) is 8.25. The fourth-order valence-electron chi connectivity index (χ4n) is 3.61. The molecule has 4 rings (SSSR count). The topological polar surface area (TPSA) is 33.2 Å². The Hall–Kier alpha value is -1.68. The van der Waals surface area contributed by atoms with E-state index < -0.39 is 0 Å². The fourth-order valence-corrected chi connectivity index (χ4v) is 3.97. The van der Waals surface area contributed by atoms with Gasteiger partial charge in [0.05, 0.1) is 11.6 Å². The second-order valence-corrected chi connectivity index (χ2v) is 7.36. The summed E-state index contributed by atoms with van der Waals surface area (Å²) in [6.07, 6.45) is 8.95. The summed E-state index contributed by atoms with van der Waals surface area (Å²) in [6, 6.07) is 11.1. The molecule has 0 aliphatic heterocycles. The summed E-state index contributed by atoms with van der Waals surface area (Å²) in [5, 5.41) is 0. The largest absolute Gasteiger partial charge is 0.329 e. The number of benzene rings is 1. The standard InChI is InChI=1S/C19H19BrN2O/c20-15-10-14(11-21-12-15)19(23)22(16-8-9-16)18-7-3-5-13-4-1-2-6-17(13)18/h1-2,4,6,10-12,16,18H,3,5,7-9H2. The van der Waals surface area contributed by atoms with Crippen LogP contribution in [0.25, 0.3) is 0 Å². The molecule has 0 spiro atoms. The van der Waals surface area contributed by atoms with Gasteiger partial charge in [0.15, 0.2) is 0 Å². The molecule has 1 atom stereocenters. The minimum absolute atomic E-state index is 0.114. The second-order valence-electron chi connectivity index (χ2n) is 6.44. The molecule has 23 heavy (non-hydrogen) atoms. The summed E-state index contributed by atoms with van der Waals surface area (Å²) in [7, 11) is 0. The molecule has 0 bridgehead atoms. The maximum absolute atomic E-state index is 13.2. The molecule has 1 saturated carbocycles. The quantitative estimate of drug-likeness (QED) is 0.795. The van der Waals surface area contributed by atoms with Crippen LogP contribution in [0.4, 0.5) is 0 Å². The molecule has 1 fully saturated rings. The number of nitrogens with zero attached hydrogens (tertiary/aromatic N) is 2. The Kier molecular flexibility index (Phi) is 3.93. The molecule has 1 aromatic heterocycles. The molecule has 2 aromatic rings. The highest BCUT2D eigenvalue weighted by molar-refractivity contribution is 9.10.